The number of hydrogen-bond acceptors (Lipinski definition) is 2. The van der Waals surface area contributed by atoms with Gasteiger partial charge in [-0.2, -0.15) is 0 Å². The summed E-state index contributed by atoms with van der Waals surface area (Å²) < 4.78 is 21.3. The van der Waals surface area contributed by atoms with Gasteiger partial charge in [0.15, 0.2) is 0 Å². The predicted molar refractivity (Wildman–Crippen MR) is 58.4 cm³/mol. The Morgan fingerprint density at radius 3 is 2.92 bits per heavy atom. The van der Waals surface area contributed by atoms with Gasteiger partial charge in [0.25, 0.3) is 0 Å². The van der Waals surface area contributed by atoms with Crippen LogP contribution in [0.2, 0.25) is 5.27 Å². The van der Waals surface area contributed by atoms with E-state index < -0.39 is 5.27 Å². The fourth-order valence-electron chi connectivity index (χ4n) is 1.03. The quantitative estimate of drug-likeness (QED) is 0.641. The molecule has 0 aliphatic heterocycles. The molecular formula is C10H15NOSe. The van der Waals surface area contributed by atoms with Crippen LogP contribution in [0.5, 0.6) is 5.75 Å². The van der Waals surface area contributed by atoms with Crippen molar-refractivity contribution in [3.63, 3.8) is 0 Å². The zero-order valence-electron chi connectivity index (χ0n) is 10.0. The fraction of sp³-hybridized carbons (Fsp3) is 0.400. The average Bonchev–Trinajstić information content (AvgIpc) is 2.16. The summed E-state index contributed by atoms with van der Waals surface area (Å²) in [5.74, 6) is 0.788. The first-order valence-corrected chi connectivity index (χ1v) is 5.72. The van der Waals surface area contributed by atoms with Crippen LogP contribution in [0.1, 0.15) is 9.67 Å². The van der Waals surface area contributed by atoms with Gasteiger partial charge in [-0.1, -0.05) is 0 Å². The number of benzene rings is 1. The van der Waals surface area contributed by atoms with E-state index in [4.69, 9.17) is 7.48 Å². The molecule has 0 saturated heterocycles. The SMILES string of the molecule is [1H][13C]([1H])(C)[Se]c1ccc(OC)cc1NC. The Morgan fingerprint density at radius 1 is 1.62 bits per heavy atom. The van der Waals surface area contributed by atoms with Crippen molar-refractivity contribution in [3.05, 3.63) is 18.2 Å². The van der Waals surface area contributed by atoms with Crippen molar-refractivity contribution in [2.75, 3.05) is 19.5 Å². The van der Waals surface area contributed by atoms with E-state index in [1.54, 1.807) is 14.0 Å². The van der Waals surface area contributed by atoms with Gasteiger partial charge in [0.2, 0.25) is 0 Å². The first kappa shape index (κ1) is 7.72. The van der Waals surface area contributed by atoms with Crippen LogP contribution in [0.4, 0.5) is 5.69 Å². The second kappa shape index (κ2) is 5.15. The summed E-state index contributed by atoms with van der Waals surface area (Å²) in [5, 5.41) is 1.93. The molecule has 0 saturated carbocycles. The molecule has 13 heavy (non-hydrogen) atoms. The van der Waals surface area contributed by atoms with Crippen molar-refractivity contribution in [3.8, 4) is 5.75 Å². The second-order valence-electron chi connectivity index (χ2n) is 2.42. The zero-order chi connectivity index (χ0) is 11.5. The number of nitrogens with one attached hydrogen (secondary N) is 1. The van der Waals surface area contributed by atoms with E-state index in [-0.39, 0.29) is 15.0 Å². The predicted octanol–water partition coefficient (Wildman–Crippen LogP) is 1.50. The van der Waals surface area contributed by atoms with Crippen molar-refractivity contribution in [2.45, 2.75) is 12.2 Å². The van der Waals surface area contributed by atoms with Gasteiger partial charge in [-0.25, -0.2) is 0 Å². The average molecular weight is 245 g/mol. The van der Waals surface area contributed by atoms with Crippen molar-refractivity contribution in [2.24, 2.45) is 0 Å². The third-order valence-electron chi connectivity index (χ3n) is 1.67. The van der Waals surface area contributed by atoms with E-state index in [9.17, 15) is 0 Å². The molecule has 0 aliphatic rings. The van der Waals surface area contributed by atoms with Gasteiger partial charge in [-0.3, -0.25) is 0 Å². The van der Waals surface area contributed by atoms with Gasteiger partial charge in [-0.15, -0.1) is 0 Å². The fourth-order valence-corrected chi connectivity index (χ4v) is 2.35. The molecule has 0 aromatic heterocycles. The van der Waals surface area contributed by atoms with Gasteiger partial charge in [0.1, 0.15) is 0 Å². The molecule has 1 rings (SSSR count). The molecule has 2 nitrogen and oxygen atoms in total. The third-order valence-corrected chi connectivity index (χ3v) is 3.30. The number of ether oxygens (including phenoxy) is 1. The van der Waals surface area contributed by atoms with E-state index >= 15 is 0 Å². The number of rotatable bonds is 4. The van der Waals surface area contributed by atoms with Crippen LogP contribution in [-0.2, 0) is 0 Å². The molecule has 0 atom stereocenters. The summed E-state index contributed by atoms with van der Waals surface area (Å²) >= 11 is -0.197. The van der Waals surface area contributed by atoms with E-state index in [1.807, 2.05) is 25.2 Å². The molecule has 0 unspecified atom stereocenters. The molecule has 1 aromatic rings. The molecule has 0 fully saturated rings. The van der Waals surface area contributed by atoms with E-state index in [0.29, 0.717) is 0 Å². The Hall–Kier alpha value is -0.661. The molecule has 0 spiro atoms. The Kier molecular flexibility index (Phi) is 3.06. The topological polar surface area (TPSA) is 21.3 Å². The van der Waals surface area contributed by atoms with Gasteiger partial charge in [0.05, 0.1) is 0 Å². The number of methoxy groups -OCH3 is 1. The summed E-state index contributed by atoms with van der Waals surface area (Å²) in [5.41, 5.74) is 0.945. The second-order valence-corrected chi connectivity index (χ2v) is 4.63. The molecule has 72 valence electrons. The summed E-state index contributed by atoms with van der Waals surface area (Å²) in [6.45, 7) is 1.61. The van der Waals surface area contributed by atoms with Gasteiger partial charge < -0.3 is 0 Å². The molecule has 0 aliphatic carbocycles. The van der Waals surface area contributed by atoms with Gasteiger partial charge in [0, 0.05) is 0 Å². The Labute approximate surface area is 88.6 Å². The zero-order valence-corrected chi connectivity index (χ0v) is 9.76. The van der Waals surface area contributed by atoms with E-state index in [1.165, 1.54) is 0 Å². The Balaban J connectivity index is 2.97. The van der Waals surface area contributed by atoms with Crippen LogP contribution in [0, 0.1) is 0 Å². The normalized spacial score (nSPS) is 13.2. The molecule has 0 heterocycles. The maximum atomic E-state index is 7.58. The summed E-state index contributed by atoms with van der Waals surface area (Å²) in [7, 11) is 3.46. The molecule has 0 amide bonds. The van der Waals surface area contributed by atoms with Crippen molar-refractivity contribution < 1.29 is 7.48 Å². The first-order chi connectivity index (χ1) is 6.96. The monoisotopic (exact) mass is 246 g/mol. The number of anilines is 1. The Morgan fingerprint density at radius 2 is 2.38 bits per heavy atom. The van der Waals surface area contributed by atoms with E-state index in [2.05, 4.69) is 5.32 Å². The molecule has 3 heteroatoms. The van der Waals surface area contributed by atoms with Gasteiger partial charge in [-0.05, 0) is 0 Å². The molecular weight excluding hydrogens is 230 g/mol. The summed E-state index contributed by atoms with van der Waals surface area (Å²) in [6, 6.07) is 5.68. The first-order valence-electron chi connectivity index (χ1n) is 5.01. The molecule has 1 N–H and O–H groups in total. The molecule has 0 bridgehead atoms. The molecule has 1 aromatic carbocycles. The van der Waals surface area contributed by atoms with E-state index in [0.717, 1.165) is 15.9 Å². The van der Waals surface area contributed by atoms with Crippen LogP contribution >= 0.6 is 0 Å². The van der Waals surface area contributed by atoms with Crippen molar-refractivity contribution >= 4 is 25.1 Å². The van der Waals surface area contributed by atoms with Crippen LogP contribution < -0.4 is 14.5 Å². The van der Waals surface area contributed by atoms with Crippen LogP contribution in [0.3, 0.4) is 0 Å². The van der Waals surface area contributed by atoms with Crippen molar-refractivity contribution in [1.82, 2.24) is 0 Å². The minimum absolute atomic E-state index is 0.197. The maximum absolute atomic E-state index is 7.58. The van der Waals surface area contributed by atoms with Crippen LogP contribution in [0.15, 0.2) is 18.2 Å². The van der Waals surface area contributed by atoms with Crippen LogP contribution in [-0.4, -0.2) is 29.1 Å². The van der Waals surface area contributed by atoms with Crippen molar-refractivity contribution in [1.29, 1.82) is 0 Å². The summed E-state index contributed by atoms with van der Waals surface area (Å²) in [4.78, 5) is 0. The standard InChI is InChI=1S/C10H15NOSe/c1-4-13-10-6-5-8(12-3)7-9(10)11-2/h5-7,11H,4H2,1-3H3/i4+1H2. The number of hydrogen-bond donors (Lipinski definition) is 1. The summed E-state index contributed by atoms with van der Waals surface area (Å²) in [6.07, 6.45) is 0. The van der Waals surface area contributed by atoms with Gasteiger partial charge >= 0.3 is 88.2 Å². The third kappa shape index (κ3) is 2.64. The molecule has 0 radical (unpaired) electrons. The minimum atomic E-state index is -1.13. The van der Waals surface area contributed by atoms with Crippen LogP contribution in [0.25, 0.3) is 0 Å². The Bertz CT molecular complexity index is 339.